The zero-order valence-corrected chi connectivity index (χ0v) is 14.0. The highest BCUT2D eigenvalue weighted by Gasteiger charge is 2.21. The van der Waals surface area contributed by atoms with Crippen molar-refractivity contribution in [3.8, 4) is 0 Å². The van der Waals surface area contributed by atoms with Crippen LogP contribution in [0.2, 0.25) is 0 Å². The van der Waals surface area contributed by atoms with Crippen LogP contribution >= 0.6 is 0 Å². The Morgan fingerprint density at radius 1 is 1.27 bits per heavy atom. The van der Waals surface area contributed by atoms with E-state index in [2.05, 4.69) is 24.1 Å². The number of carbonyl (C=O) groups is 1. The molecule has 0 saturated carbocycles. The molecule has 0 spiro atoms. The molecule has 0 radical (unpaired) electrons. The van der Waals surface area contributed by atoms with Gasteiger partial charge in [-0.25, -0.2) is 4.79 Å². The average molecular weight is 304 g/mol. The Morgan fingerprint density at radius 2 is 1.91 bits per heavy atom. The van der Waals surface area contributed by atoms with Crippen molar-refractivity contribution in [2.75, 3.05) is 26.7 Å². The molecular formula is C18H28N2O2. The zero-order chi connectivity index (χ0) is 15.9. The first-order chi connectivity index (χ1) is 10.6. The van der Waals surface area contributed by atoms with Crippen molar-refractivity contribution < 1.29 is 9.53 Å². The van der Waals surface area contributed by atoms with Gasteiger partial charge in [-0.3, -0.25) is 4.90 Å². The average Bonchev–Trinajstić information content (AvgIpc) is 2.54. The molecule has 1 aromatic carbocycles. The van der Waals surface area contributed by atoms with Crippen LogP contribution in [0.25, 0.3) is 0 Å². The second kappa shape index (κ2) is 8.30. The molecule has 0 aliphatic carbocycles. The second-order valence-electron chi connectivity index (χ2n) is 6.49. The number of hydrogen-bond acceptors (Lipinski definition) is 4. The number of rotatable bonds is 6. The number of nitrogens with zero attached hydrogens (tertiary/aromatic N) is 1. The van der Waals surface area contributed by atoms with Crippen molar-refractivity contribution in [3.05, 3.63) is 35.4 Å². The molecule has 1 heterocycles. The van der Waals surface area contributed by atoms with Gasteiger partial charge in [0, 0.05) is 19.1 Å². The zero-order valence-electron chi connectivity index (χ0n) is 14.0. The summed E-state index contributed by atoms with van der Waals surface area (Å²) >= 11 is 0. The summed E-state index contributed by atoms with van der Waals surface area (Å²) < 4.78 is 4.75. The lowest BCUT2D eigenvalue weighted by atomic mass is 10.0. The number of ether oxygens (including phenoxy) is 1. The molecule has 1 aromatic rings. The molecule has 0 bridgehead atoms. The molecule has 1 N–H and O–H groups in total. The summed E-state index contributed by atoms with van der Waals surface area (Å²) in [6.07, 6.45) is 2.43. The number of piperidine rings is 1. The van der Waals surface area contributed by atoms with Gasteiger partial charge in [-0.15, -0.1) is 0 Å². The van der Waals surface area contributed by atoms with Gasteiger partial charge in [-0.2, -0.15) is 0 Å². The van der Waals surface area contributed by atoms with Crippen molar-refractivity contribution in [2.24, 2.45) is 5.92 Å². The summed E-state index contributed by atoms with van der Waals surface area (Å²) in [7, 11) is 1.41. The van der Waals surface area contributed by atoms with Gasteiger partial charge in [-0.05, 0) is 49.5 Å². The van der Waals surface area contributed by atoms with E-state index in [0.717, 1.165) is 26.2 Å². The van der Waals surface area contributed by atoms with Crippen LogP contribution in [-0.4, -0.2) is 43.7 Å². The quantitative estimate of drug-likeness (QED) is 0.821. The molecule has 4 nitrogen and oxygen atoms in total. The topological polar surface area (TPSA) is 41.6 Å². The van der Waals surface area contributed by atoms with Gasteiger partial charge in [0.05, 0.1) is 12.7 Å². The lowest BCUT2D eigenvalue weighted by Crippen LogP contribution is -2.44. The highest BCUT2D eigenvalue weighted by molar-refractivity contribution is 5.89. The van der Waals surface area contributed by atoms with E-state index in [1.165, 1.54) is 25.5 Å². The van der Waals surface area contributed by atoms with Crippen molar-refractivity contribution >= 4 is 5.97 Å². The van der Waals surface area contributed by atoms with Crippen LogP contribution in [0, 0.1) is 5.92 Å². The Kier molecular flexibility index (Phi) is 6.40. The van der Waals surface area contributed by atoms with Crippen LogP contribution in [0.15, 0.2) is 24.3 Å². The third kappa shape index (κ3) is 4.82. The maximum absolute atomic E-state index is 11.5. The molecule has 0 aromatic heterocycles. The van der Waals surface area contributed by atoms with Gasteiger partial charge in [-0.1, -0.05) is 26.0 Å². The van der Waals surface area contributed by atoms with Crippen LogP contribution in [0.3, 0.4) is 0 Å². The first-order valence-electron chi connectivity index (χ1n) is 8.22. The Morgan fingerprint density at radius 3 is 2.45 bits per heavy atom. The number of carbonyl (C=O) groups excluding carboxylic acids is 1. The first kappa shape index (κ1) is 17.0. The van der Waals surface area contributed by atoms with E-state index in [-0.39, 0.29) is 5.97 Å². The number of nitrogens with one attached hydrogen (secondary N) is 1. The van der Waals surface area contributed by atoms with Gasteiger partial charge < -0.3 is 10.1 Å². The fraction of sp³-hybridized carbons (Fsp3) is 0.611. The molecule has 1 saturated heterocycles. The largest absolute Gasteiger partial charge is 0.465 e. The molecule has 22 heavy (non-hydrogen) atoms. The molecule has 122 valence electrons. The van der Waals surface area contributed by atoms with Gasteiger partial charge in [0.1, 0.15) is 0 Å². The Bertz CT molecular complexity index is 464. The van der Waals surface area contributed by atoms with Crippen molar-refractivity contribution in [3.63, 3.8) is 0 Å². The van der Waals surface area contributed by atoms with Crippen molar-refractivity contribution in [1.29, 1.82) is 0 Å². The molecule has 0 atom stereocenters. The third-order valence-corrected chi connectivity index (χ3v) is 4.19. The van der Waals surface area contributed by atoms with E-state index < -0.39 is 0 Å². The molecule has 0 unspecified atom stereocenters. The van der Waals surface area contributed by atoms with Gasteiger partial charge >= 0.3 is 5.97 Å². The summed E-state index contributed by atoms with van der Waals surface area (Å²) in [5.74, 6) is 0.383. The molecule has 0 amide bonds. The highest BCUT2D eigenvalue weighted by atomic mass is 16.5. The minimum atomic E-state index is -0.274. The van der Waals surface area contributed by atoms with E-state index in [1.807, 2.05) is 24.3 Å². The maximum Gasteiger partial charge on any atom is 0.337 e. The summed E-state index contributed by atoms with van der Waals surface area (Å²) in [6, 6.07) is 8.46. The molecule has 1 aliphatic rings. The monoisotopic (exact) mass is 304 g/mol. The summed E-state index contributed by atoms with van der Waals surface area (Å²) in [6.45, 7) is 8.83. The predicted octanol–water partition coefficient (Wildman–Crippen LogP) is 2.68. The maximum atomic E-state index is 11.5. The van der Waals surface area contributed by atoms with Gasteiger partial charge in [0.2, 0.25) is 0 Å². The smallest absolute Gasteiger partial charge is 0.337 e. The van der Waals surface area contributed by atoms with Crippen LogP contribution in [0.4, 0.5) is 0 Å². The number of benzene rings is 1. The van der Waals surface area contributed by atoms with Crippen LogP contribution < -0.4 is 5.32 Å². The van der Waals surface area contributed by atoms with Crippen molar-refractivity contribution in [1.82, 2.24) is 10.2 Å². The van der Waals surface area contributed by atoms with E-state index in [4.69, 9.17) is 4.74 Å². The molecular weight excluding hydrogens is 276 g/mol. The third-order valence-electron chi connectivity index (χ3n) is 4.19. The highest BCUT2D eigenvalue weighted by Crippen LogP contribution is 2.18. The summed E-state index contributed by atoms with van der Waals surface area (Å²) in [5.41, 5.74) is 1.87. The summed E-state index contributed by atoms with van der Waals surface area (Å²) in [5, 5.41) is 3.44. The van der Waals surface area contributed by atoms with Gasteiger partial charge in [0.25, 0.3) is 0 Å². The minimum absolute atomic E-state index is 0.274. The lowest BCUT2D eigenvalue weighted by Gasteiger charge is -2.35. The van der Waals surface area contributed by atoms with E-state index in [1.54, 1.807) is 0 Å². The molecule has 1 fully saturated rings. The minimum Gasteiger partial charge on any atom is -0.465 e. The standard InChI is InChI=1S/C18H28N2O2/c1-14(2)12-20(17-8-10-19-11-9-17)13-15-4-6-16(7-5-15)18(21)22-3/h4-7,14,17,19H,8-13H2,1-3H3. The lowest BCUT2D eigenvalue weighted by molar-refractivity contribution is 0.0600. The van der Waals surface area contributed by atoms with Crippen LogP contribution in [-0.2, 0) is 11.3 Å². The van der Waals surface area contributed by atoms with Gasteiger partial charge in [0.15, 0.2) is 0 Å². The number of hydrogen-bond donors (Lipinski definition) is 1. The Hall–Kier alpha value is -1.39. The SMILES string of the molecule is COC(=O)c1ccc(CN(CC(C)C)C2CCNCC2)cc1. The van der Waals surface area contributed by atoms with Crippen LogP contribution in [0.1, 0.15) is 42.6 Å². The number of esters is 1. The first-order valence-corrected chi connectivity index (χ1v) is 8.22. The Balaban J connectivity index is 2.03. The second-order valence-corrected chi connectivity index (χ2v) is 6.49. The Labute approximate surface area is 133 Å². The molecule has 4 heteroatoms. The summed E-state index contributed by atoms with van der Waals surface area (Å²) in [4.78, 5) is 14.1. The number of methoxy groups -OCH3 is 1. The molecule has 2 rings (SSSR count). The molecule has 1 aliphatic heterocycles. The fourth-order valence-electron chi connectivity index (χ4n) is 3.08. The van der Waals surface area contributed by atoms with E-state index in [9.17, 15) is 4.79 Å². The predicted molar refractivity (Wildman–Crippen MR) is 88.9 cm³/mol. The fourth-order valence-corrected chi connectivity index (χ4v) is 3.08. The van der Waals surface area contributed by atoms with Crippen molar-refractivity contribution in [2.45, 2.75) is 39.3 Å². The van der Waals surface area contributed by atoms with E-state index in [0.29, 0.717) is 17.5 Å². The van der Waals surface area contributed by atoms with E-state index >= 15 is 0 Å². The van der Waals surface area contributed by atoms with Crippen LogP contribution in [0.5, 0.6) is 0 Å². The normalized spacial score (nSPS) is 16.2.